The molecule has 0 saturated carbocycles. The highest BCUT2D eigenvalue weighted by Gasteiger charge is 2.07. The summed E-state index contributed by atoms with van der Waals surface area (Å²) < 4.78 is 0. The van der Waals surface area contributed by atoms with E-state index in [-0.39, 0.29) is 17.8 Å². The standard InChI is InChI=1S/C9H6N4O2/c10-13-12-6-2-4-8-7(9(14)15)3-1-5-11-8/h1,3,5H,6H2,(H,14,15). The van der Waals surface area contributed by atoms with Crippen LogP contribution in [0.25, 0.3) is 10.4 Å². The average Bonchev–Trinajstić information content (AvgIpc) is 2.25. The number of aromatic carboxylic acids is 1. The van der Waals surface area contributed by atoms with Crippen molar-refractivity contribution in [3.63, 3.8) is 0 Å². The molecule has 0 aliphatic carbocycles. The molecule has 0 aromatic carbocycles. The van der Waals surface area contributed by atoms with Crippen LogP contribution >= 0.6 is 0 Å². The van der Waals surface area contributed by atoms with E-state index in [1.54, 1.807) is 0 Å². The molecule has 0 unspecified atom stereocenters. The summed E-state index contributed by atoms with van der Waals surface area (Å²) in [5, 5.41) is 12.0. The van der Waals surface area contributed by atoms with Crippen LogP contribution in [0.1, 0.15) is 16.1 Å². The van der Waals surface area contributed by atoms with Crippen molar-refractivity contribution in [3.8, 4) is 11.8 Å². The smallest absolute Gasteiger partial charge is 0.338 e. The van der Waals surface area contributed by atoms with Crippen LogP contribution in [0.5, 0.6) is 0 Å². The number of carboxylic acids is 1. The second kappa shape index (κ2) is 5.27. The first-order valence-corrected chi connectivity index (χ1v) is 3.93. The Kier molecular flexibility index (Phi) is 3.71. The van der Waals surface area contributed by atoms with Crippen LogP contribution in [0.2, 0.25) is 0 Å². The summed E-state index contributed by atoms with van der Waals surface area (Å²) in [5.74, 6) is 3.94. The Balaban J connectivity index is 2.96. The van der Waals surface area contributed by atoms with E-state index < -0.39 is 5.97 Å². The summed E-state index contributed by atoms with van der Waals surface area (Å²) in [6, 6.07) is 2.93. The van der Waals surface area contributed by atoms with E-state index in [1.807, 2.05) is 0 Å². The van der Waals surface area contributed by atoms with Gasteiger partial charge in [0.1, 0.15) is 5.69 Å². The van der Waals surface area contributed by atoms with Gasteiger partial charge in [-0.2, -0.15) is 0 Å². The van der Waals surface area contributed by atoms with Crippen LogP contribution in [0, 0.1) is 11.8 Å². The van der Waals surface area contributed by atoms with Gasteiger partial charge in [-0.3, -0.25) is 0 Å². The summed E-state index contributed by atoms with van der Waals surface area (Å²) in [6.45, 7) is -0.00780. The van der Waals surface area contributed by atoms with Crippen molar-refractivity contribution in [2.45, 2.75) is 0 Å². The maximum absolute atomic E-state index is 10.7. The lowest BCUT2D eigenvalue weighted by Gasteiger charge is -1.95. The maximum atomic E-state index is 10.7. The second-order valence-corrected chi connectivity index (χ2v) is 2.40. The van der Waals surface area contributed by atoms with Gasteiger partial charge in [0.05, 0.1) is 12.1 Å². The van der Waals surface area contributed by atoms with Gasteiger partial charge in [-0.25, -0.2) is 9.78 Å². The van der Waals surface area contributed by atoms with Gasteiger partial charge in [-0.05, 0) is 23.6 Å². The van der Waals surface area contributed by atoms with Gasteiger partial charge in [0, 0.05) is 11.1 Å². The molecule has 0 aliphatic heterocycles. The van der Waals surface area contributed by atoms with Crippen molar-refractivity contribution in [2.75, 3.05) is 6.54 Å². The third-order valence-electron chi connectivity index (χ3n) is 1.46. The number of nitrogens with zero attached hydrogens (tertiary/aromatic N) is 4. The van der Waals surface area contributed by atoms with Crippen molar-refractivity contribution in [1.82, 2.24) is 4.98 Å². The molecule has 15 heavy (non-hydrogen) atoms. The van der Waals surface area contributed by atoms with Gasteiger partial charge < -0.3 is 5.11 Å². The number of hydrogen-bond donors (Lipinski definition) is 1. The van der Waals surface area contributed by atoms with Gasteiger partial charge >= 0.3 is 5.97 Å². The number of azide groups is 1. The van der Waals surface area contributed by atoms with Crippen molar-refractivity contribution in [3.05, 3.63) is 40.0 Å². The topological polar surface area (TPSA) is 99.0 Å². The molecule has 0 saturated heterocycles. The Labute approximate surface area is 85.2 Å². The Morgan fingerprint density at radius 2 is 2.53 bits per heavy atom. The van der Waals surface area contributed by atoms with Crippen LogP contribution in [-0.4, -0.2) is 22.6 Å². The fourth-order valence-corrected chi connectivity index (χ4v) is 0.868. The van der Waals surface area contributed by atoms with E-state index in [9.17, 15) is 4.79 Å². The van der Waals surface area contributed by atoms with Crippen molar-refractivity contribution in [2.24, 2.45) is 5.11 Å². The normalized spacial score (nSPS) is 8.27. The summed E-state index contributed by atoms with van der Waals surface area (Å²) in [7, 11) is 0. The molecule has 1 heterocycles. The lowest BCUT2D eigenvalue weighted by Crippen LogP contribution is -2.01. The third kappa shape index (κ3) is 3.03. The van der Waals surface area contributed by atoms with Gasteiger partial charge in [0.15, 0.2) is 0 Å². The number of carboxylic acid groups (broad SMARTS) is 1. The molecule has 0 atom stereocenters. The van der Waals surface area contributed by atoms with E-state index in [4.69, 9.17) is 10.6 Å². The number of pyridine rings is 1. The van der Waals surface area contributed by atoms with Crippen LogP contribution < -0.4 is 0 Å². The zero-order valence-corrected chi connectivity index (χ0v) is 7.58. The minimum Gasteiger partial charge on any atom is -0.478 e. The SMILES string of the molecule is [N-]=[N+]=NCC#Cc1ncccc1C(=O)O. The van der Waals surface area contributed by atoms with E-state index in [0.717, 1.165) is 0 Å². The maximum Gasteiger partial charge on any atom is 0.338 e. The van der Waals surface area contributed by atoms with E-state index in [2.05, 4.69) is 26.9 Å². The molecular formula is C9H6N4O2. The average molecular weight is 202 g/mol. The largest absolute Gasteiger partial charge is 0.478 e. The predicted octanol–water partition coefficient (Wildman–Crippen LogP) is 1.44. The first-order chi connectivity index (χ1) is 7.25. The third-order valence-corrected chi connectivity index (χ3v) is 1.46. The zero-order chi connectivity index (χ0) is 11.1. The number of hydrogen-bond acceptors (Lipinski definition) is 3. The highest BCUT2D eigenvalue weighted by molar-refractivity contribution is 5.89. The molecule has 0 aliphatic rings. The molecule has 1 rings (SSSR count). The Hall–Kier alpha value is -2.51. The molecule has 6 heteroatoms. The van der Waals surface area contributed by atoms with Crippen LogP contribution in [-0.2, 0) is 0 Å². The van der Waals surface area contributed by atoms with Crippen molar-refractivity contribution < 1.29 is 9.90 Å². The zero-order valence-electron chi connectivity index (χ0n) is 7.58. The first-order valence-electron chi connectivity index (χ1n) is 3.93. The molecule has 0 amide bonds. The highest BCUT2D eigenvalue weighted by Crippen LogP contribution is 2.02. The predicted molar refractivity (Wildman–Crippen MR) is 52.1 cm³/mol. The number of carbonyl (C=O) groups is 1. The minimum atomic E-state index is -1.09. The fraction of sp³-hybridized carbons (Fsp3) is 0.111. The lowest BCUT2D eigenvalue weighted by atomic mass is 10.2. The van der Waals surface area contributed by atoms with Crippen molar-refractivity contribution in [1.29, 1.82) is 0 Å². The summed E-state index contributed by atoms with van der Waals surface area (Å²) >= 11 is 0. The van der Waals surface area contributed by atoms with Gasteiger partial charge in [-0.1, -0.05) is 11.0 Å². The van der Waals surface area contributed by atoms with Gasteiger partial charge in [0.2, 0.25) is 0 Å². The lowest BCUT2D eigenvalue weighted by molar-refractivity contribution is 0.0696. The molecule has 0 radical (unpaired) electrons. The highest BCUT2D eigenvalue weighted by atomic mass is 16.4. The van der Waals surface area contributed by atoms with Crippen LogP contribution in [0.4, 0.5) is 0 Å². The van der Waals surface area contributed by atoms with Gasteiger partial charge in [-0.15, -0.1) is 0 Å². The molecule has 0 fully saturated rings. The molecule has 0 spiro atoms. The first kappa shape index (κ1) is 10.6. The van der Waals surface area contributed by atoms with Gasteiger partial charge in [0.25, 0.3) is 0 Å². The number of rotatable bonds is 2. The molecule has 0 bridgehead atoms. The van der Waals surface area contributed by atoms with E-state index >= 15 is 0 Å². The minimum absolute atomic E-state index is 0.00780. The molecule has 1 aromatic rings. The Morgan fingerprint density at radius 3 is 3.20 bits per heavy atom. The monoisotopic (exact) mass is 202 g/mol. The molecular weight excluding hydrogens is 196 g/mol. The van der Waals surface area contributed by atoms with Crippen LogP contribution in [0.3, 0.4) is 0 Å². The van der Waals surface area contributed by atoms with E-state index in [0.29, 0.717) is 0 Å². The Morgan fingerprint density at radius 1 is 1.73 bits per heavy atom. The molecule has 1 aromatic heterocycles. The Bertz CT molecular complexity index is 480. The van der Waals surface area contributed by atoms with E-state index in [1.165, 1.54) is 18.3 Å². The second-order valence-electron chi connectivity index (χ2n) is 2.40. The van der Waals surface area contributed by atoms with Crippen LogP contribution in [0.15, 0.2) is 23.4 Å². The molecule has 1 N–H and O–H groups in total. The summed E-state index contributed by atoms with van der Waals surface area (Å²) in [4.78, 5) is 17.0. The quantitative estimate of drug-likeness (QED) is 0.340. The fourth-order valence-electron chi connectivity index (χ4n) is 0.868. The van der Waals surface area contributed by atoms with Crippen molar-refractivity contribution >= 4 is 5.97 Å². The molecule has 74 valence electrons. The summed E-state index contributed by atoms with van der Waals surface area (Å²) in [5.41, 5.74) is 8.19. The number of aromatic nitrogens is 1. The summed E-state index contributed by atoms with van der Waals surface area (Å²) in [6.07, 6.45) is 1.45. The molecule has 6 nitrogen and oxygen atoms in total.